The quantitative estimate of drug-likeness (QED) is 0.179. The Hall–Kier alpha value is -5.23. The number of likely N-dealkylation sites (tertiary alicyclic amines) is 2. The maximum absolute atomic E-state index is 16.1. The van der Waals surface area contributed by atoms with Crippen molar-refractivity contribution in [3.63, 3.8) is 0 Å². The molecule has 9 rings (SSSR count). The largest absolute Gasteiger partial charge is 0.294 e. The van der Waals surface area contributed by atoms with Crippen molar-refractivity contribution in [2.24, 2.45) is 5.41 Å². The summed E-state index contributed by atoms with van der Waals surface area (Å²) in [6, 6.07) is 44.8. The van der Waals surface area contributed by atoms with Crippen molar-refractivity contribution < 1.29 is 4.79 Å². The van der Waals surface area contributed by atoms with Gasteiger partial charge in [0.05, 0.1) is 27.8 Å². The number of aromatic nitrogens is 2. The monoisotopic (exact) mass is 652 g/mol. The zero-order valence-corrected chi connectivity index (χ0v) is 28.8. The summed E-state index contributed by atoms with van der Waals surface area (Å²) in [5.41, 5.74) is 10.6. The van der Waals surface area contributed by atoms with Crippen LogP contribution in [0.1, 0.15) is 45.0 Å². The van der Waals surface area contributed by atoms with E-state index in [1.54, 1.807) is 0 Å². The molecule has 1 aromatic heterocycles. The van der Waals surface area contributed by atoms with Crippen LogP contribution in [-0.2, 0) is 16.9 Å². The van der Waals surface area contributed by atoms with E-state index in [1.807, 2.05) is 24.3 Å². The first-order valence-electron chi connectivity index (χ1n) is 17.6. The molecular formula is C45H40N4O. The van der Waals surface area contributed by atoms with Gasteiger partial charge < -0.3 is 0 Å². The van der Waals surface area contributed by atoms with Crippen molar-refractivity contribution in [1.29, 1.82) is 0 Å². The summed E-state index contributed by atoms with van der Waals surface area (Å²) in [5, 5.41) is 0. The highest BCUT2D eigenvalue weighted by atomic mass is 16.1. The van der Waals surface area contributed by atoms with Gasteiger partial charge in [-0.25, -0.2) is 9.97 Å². The Kier molecular flexibility index (Phi) is 7.20. The Balaban J connectivity index is 1.36. The molecule has 3 aliphatic rings. The van der Waals surface area contributed by atoms with Gasteiger partial charge in [-0.2, -0.15) is 0 Å². The van der Waals surface area contributed by atoms with Crippen LogP contribution in [0.5, 0.6) is 0 Å². The molecule has 0 N–H and O–H groups in total. The van der Waals surface area contributed by atoms with Crippen LogP contribution in [0.4, 0.5) is 0 Å². The molecule has 0 bridgehead atoms. The highest BCUT2D eigenvalue weighted by molar-refractivity contribution is 6.08. The third-order valence-corrected chi connectivity index (χ3v) is 11.5. The maximum atomic E-state index is 16.1. The van der Waals surface area contributed by atoms with Gasteiger partial charge in [-0.05, 0) is 61.4 Å². The van der Waals surface area contributed by atoms with Crippen LogP contribution in [-0.4, -0.2) is 52.2 Å². The second-order valence-corrected chi connectivity index (χ2v) is 14.5. The van der Waals surface area contributed by atoms with Gasteiger partial charge in [0.15, 0.2) is 5.78 Å². The topological polar surface area (TPSA) is 49.3 Å². The lowest BCUT2D eigenvalue weighted by molar-refractivity contribution is -0.135. The Morgan fingerprint density at radius 3 is 2.14 bits per heavy atom. The number of carbonyl (C=O) groups excluding carboxylic acids is 1. The third-order valence-electron chi connectivity index (χ3n) is 11.5. The lowest BCUT2D eigenvalue weighted by Gasteiger charge is -2.53. The van der Waals surface area contributed by atoms with Crippen molar-refractivity contribution in [1.82, 2.24) is 19.8 Å². The van der Waals surface area contributed by atoms with E-state index < -0.39 is 11.0 Å². The predicted molar refractivity (Wildman–Crippen MR) is 201 cm³/mol. The van der Waals surface area contributed by atoms with E-state index in [9.17, 15) is 0 Å². The Morgan fingerprint density at radius 1 is 0.760 bits per heavy atom. The molecule has 0 amide bonds. The van der Waals surface area contributed by atoms with Gasteiger partial charge in [-0.3, -0.25) is 14.6 Å². The minimum atomic E-state index is -0.918. The summed E-state index contributed by atoms with van der Waals surface area (Å²) in [5.74, 6) is 0.0998. The molecule has 2 spiro atoms. The molecule has 50 heavy (non-hydrogen) atoms. The molecule has 5 nitrogen and oxygen atoms in total. The zero-order valence-electron chi connectivity index (χ0n) is 28.8. The van der Waals surface area contributed by atoms with Crippen molar-refractivity contribution in [2.45, 2.75) is 31.8 Å². The number of carbonyl (C=O) groups is 1. The minimum Gasteiger partial charge on any atom is -0.294 e. The number of piperidine rings is 1. The number of nitrogens with zero attached hydrogens (tertiary/aromatic N) is 4. The second-order valence-electron chi connectivity index (χ2n) is 14.5. The van der Waals surface area contributed by atoms with Gasteiger partial charge in [0.2, 0.25) is 0 Å². The number of likely N-dealkylation sites (N-methyl/N-ethyl adjacent to an activating group) is 1. The highest BCUT2D eigenvalue weighted by Gasteiger charge is 2.73. The van der Waals surface area contributed by atoms with Crippen LogP contribution in [0.25, 0.3) is 28.4 Å². The number of Topliss-reactive ketones (excluding diaryl/α,β-unsaturated/α-hetero) is 1. The van der Waals surface area contributed by atoms with Crippen molar-refractivity contribution in [3.8, 4) is 11.3 Å². The molecule has 2 saturated heterocycles. The maximum Gasteiger partial charge on any atom is 0.170 e. The van der Waals surface area contributed by atoms with E-state index in [2.05, 4.69) is 140 Å². The van der Waals surface area contributed by atoms with Crippen LogP contribution in [0.3, 0.4) is 0 Å². The first-order valence-corrected chi connectivity index (χ1v) is 17.6. The number of para-hydroxylation sites is 2. The molecule has 2 aliphatic heterocycles. The molecule has 5 heteroatoms. The molecular weight excluding hydrogens is 613 g/mol. The molecule has 3 atom stereocenters. The molecule has 1 aliphatic carbocycles. The highest BCUT2D eigenvalue weighted by Crippen LogP contribution is 2.68. The normalized spacial score (nSPS) is 24.0. The van der Waals surface area contributed by atoms with E-state index in [1.165, 1.54) is 22.3 Å². The minimum absolute atomic E-state index is 0.104. The molecule has 6 aromatic rings. The van der Waals surface area contributed by atoms with Crippen LogP contribution >= 0.6 is 0 Å². The average molecular weight is 653 g/mol. The van der Waals surface area contributed by atoms with Crippen molar-refractivity contribution in [3.05, 3.63) is 172 Å². The molecule has 0 radical (unpaired) electrons. The van der Waals surface area contributed by atoms with E-state index in [4.69, 9.17) is 9.97 Å². The van der Waals surface area contributed by atoms with Crippen LogP contribution < -0.4 is 0 Å². The van der Waals surface area contributed by atoms with Gasteiger partial charge in [0, 0.05) is 43.2 Å². The molecule has 3 heterocycles. The predicted octanol–water partition coefficient (Wildman–Crippen LogP) is 8.35. The summed E-state index contributed by atoms with van der Waals surface area (Å²) in [6.45, 7) is 6.82. The summed E-state index contributed by atoms with van der Waals surface area (Å²) in [6.07, 6.45) is 2.15. The number of hydrogen-bond donors (Lipinski definition) is 0. The van der Waals surface area contributed by atoms with Crippen LogP contribution in [0, 0.1) is 19.3 Å². The first-order chi connectivity index (χ1) is 24.4. The van der Waals surface area contributed by atoms with E-state index >= 15 is 4.79 Å². The Labute approximate surface area is 293 Å². The third kappa shape index (κ3) is 4.50. The van der Waals surface area contributed by atoms with E-state index in [-0.39, 0.29) is 11.7 Å². The number of rotatable bonds is 4. The number of benzene rings is 5. The van der Waals surface area contributed by atoms with Gasteiger partial charge in [-0.1, -0.05) is 126 Å². The molecule has 2 fully saturated rings. The summed E-state index contributed by atoms with van der Waals surface area (Å²) >= 11 is 0. The molecule has 0 saturated carbocycles. The van der Waals surface area contributed by atoms with Crippen molar-refractivity contribution in [2.75, 3.05) is 26.7 Å². The fourth-order valence-corrected chi connectivity index (χ4v) is 9.31. The standard InChI is InChI=1S/C45H40N4O/c1-30-17-21-32(22-18-30)25-35-27-49(26-33-11-5-4-6-12-33)29-44(43(35)50)38(34-23-19-31(2)20-24-34)28-48(3)45(44)37-14-8-7-13-36(37)41-42(45)47-40-16-10-9-15-39(40)46-41/h4-25,38H,26-29H2,1-3H3/b35-25+/t38-,44+,45+/m0/s1. The number of aryl methyl sites for hydroxylation is 2. The Bertz CT molecular complexity index is 2300. The zero-order chi connectivity index (χ0) is 34.0. The summed E-state index contributed by atoms with van der Waals surface area (Å²) in [7, 11) is 2.20. The second kappa shape index (κ2) is 11.7. The summed E-state index contributed by atoms with van der Waals surface area (Å²) < 4.78 is 0. The van der Waals surface area contributed by atoms with Gasteiger partial charge in [0.1, 0.15) is 5.54 Å². The average Bonchev–Trinajstić information content (AvgIpc) is 3.57. The number of ketones is 1. The fourth-order valence-electron chi connectivity index (χ4n) is 9.31. The van der Waals surface area contributed by atoms with Gasteiger partial charge in [0.25, 0.3) is 0 Å². The molecule has 246 valence electrons. The lowest BCUT2D eigenvalue weighted by atomic mass is 9.55. The molecule has 0 unspecified atom stereocenters. The Morgan fingerprint density at radius 2 is 1.40 bits per heavy atom. The van der Waals surface area contributed by atoms with Gasteiger partial charge >= 0.3 is 0 Å². The van der Waals surface area contributed by atoms with Crippen LogP contribution in [0.15, 0.2) is 133 Å². The van der Waals surface area contributed by atoms with Crippen molar-refractivity contribution >= 4 is 22.9 Å². The summed E-state index contributed by atoms with van der Waals surface area (Å²) in [4.78, 5) is 31.9. The van der Waals surface area contributed by atoms with E-state index in [0.717, 1.165) is 51.2 Å². The SMILES string of the molecule is Cc1ccc(/C=C2\CN(Cc3ccccc3)C[C@]3(C2=O)[C@H](c2ccc(C)cc2)CN(C)[C@@]32c3ccccc3-c3nc4ccccc4nc32)cc1. The number of hydrogen-bond acceptors (Lipinski definition) is 5. The molecule has 5 aromatic carbocycles. The fraction of sp³-hybridized carbons (Fsp3) is 0.222. The number of fused-ring (bicyclic) bond motifs is 7. The smallest absolute Gasteiger partial charge is 0.170 e. The van der Waals surface area contributed by atoms with Gasteiger partial charge in [-0.15, -0.1) is 0 Å². The lowest BCUT2D eigenvalue weighted by Crippen LogP contribution is -2.63. The van der Waals surface area contributed by atoms with E-state index in [0.29, 0.717) is 19.6 Å². The first kappa shape index (κ1) is 30.8. The van der Waals surface area contributed by atoms with Crippen LogP contribution in [0.2, 0.25) is 0 Å².